The van der Waals surface area contributed by atoms with Gasteiger partial charge < -0.3 is 10.1 Å². The van der Waals surface area contributed by atoms with Gasteiger partial charge in [-0.2, -0.15) is 10.1 Å². The summed E-state index contributed by atoms with van der Waals surface area (Å²) < 4.78 is 7.91. The number of aromatic nitrogens is 6. The molecule has 102 valence electrons. The van der Waals surface area contributed by atoms with Gasteiger partial charge in [0.25, 0.3) is 11.7 Å². The molecule has 0 aliphatic carbocycles. The van der Waals surface area contributed by atoms with E-state index in [2.05, 4.69) is 25.5 Å². The first kappa shape index (κ1) is 12.2. The molecular formula is C11H11N7O2. The summed E-state index contributed by atoms with van der Waals surface area (Å²) in [4.78, 5) is 20.0. The number of ether oxygens (including phenoxy) is 1. The van der Waals surface area contributed by atoms with Crippen molar-refractivity contribution in [3.05, 3.63) is 36.7 Å². The van der Waals surface area contributed by atoms with Crippen LogP contribution in [0.4, 0.5) is 5.69 Å². The molecule has 3 heterocycles. The van der Waals surface area contributed by atoms with Crippen molar-refractivity contribution in [3.8, 4) is 0 Å². The standard InChI is InChI=1S/C11H11N7O2/c1-20-7-17-6-8(5-13-17)14-10(19)9-15-11-12-3-2-4-18(11)16-9/h2-6H,7H2,1H3,(H,14,19). The quantitative estimate of drug-likeness (QED) is 0.727. The van der Waals surface area contributed by atoms with Crippen LogP contribution in [-0.2, 0) is 11.5 Å². The van der Waals surface area contributed by atoms with Gasteiger partial charge in [-0.15, -0.1) is 5.10 Å². The summed E-state index contributed by atoms with van der Waals surface area (Å²) in [5.41, 5.74) is 0.541. The molecule has 0 radical (unpaired) electrons. The van der Waals surface area contributed by atoms with Crippen molar-refractivity contribution in [1.82, 2.24) is 29.4 Å². The molecule has 0 spiro atoms. The summed E-state index contributed by atoms with van der Waals surface area (Å²) in [5.74, 6) is -0.0108. The molecule has 0 aliphatic rings. The van der Waals surface area contributed by atoms with E-state index < -0.39 is 5.91 Å². The fourth-order valence-corrected chi connectivity index (χ4v) is 1.65. The number of carbonyl (C=O) groups is 1. The monoisotopic (exact) mass is 273 g/mol. The topological polar surface area (TPSA) is 99.2 Å². The molecule has 0 bridgehead atoms. The molecule has 0 saturated carbocycles. The average molecular weight is 273 g/mol. The summed E-state index contributed by atoms with van der Waals surface area (Å²) in [6.45, 7) is 0.312. The van der Waals surface area contributed by atoms with Gasteiger partial charge in [-0.25, -0.2) is 14.2 Å². The van der Waals surface area contributed by atoms with Gasteiger partial charge in [0, 0.05) is 19.5 Å². The highest BCUT2D eigenvalue weighted by atomic mass is 16.5. The number of anilines is 1. The predicted octanol–water partition coefficient (Wildman–Crippen LogP) is 0.177. The molecule has 0 saturated heterocycles. The van der Waals surface area contributed by atoms with Crippen LogP contribution in [0, 0.1) is 0 Å². The van der Waals surface area contributed by atoms with Gasteiger partial charge in [-0.3, -0.25) is 4.79 Å². The highest BCUT2D eigenvalue weighted by molar-refractivity contribution is 6.01. The molecule has 1 N–H and O–H groups in total. The van der Waals surface area contributed by atoms with Crippen LogP contribution in [0.5, 0.6) is 0 Å². The zero-order chi connectivity index (χ0) is 13.9. The summed E-state index contributed by atoms with van der Waals surface area (Å²) in [6.07, 6.45) is 6.42. The highest BCUT2D eigenvalue weighted by Gasteiger charge is 2.14. The maximum absolute atomic E-state index is 12.0. The van der Waals surface area contributed by atoms with E-state index in [1.807, 2.05) is 0 Å². The van der Waals surface area contributed by atoms with E-state index >= 15 is 0 Å². The third-order valence-corrected chi connectivity index (χ3v) is 2.47. The van der Waals surface area contributed by atoms with Crippen molar-refractivity contribution < 1.29 is 9.53 Å². The lowest BCUT2D eigenvalue weighted by Crippen LogP contribution is -2.13. The molecule has 3 rings (SSSR count). The number of carbonyl (C=O) groups excluding carboxylic acids is 1. The Morgan fingerprint density at radius 2 is 2.40 bits per heavy atom. The lowest BCUT2D eigenvalue weighted by Gasteiger charge is -1.98. The van der Waals surface area contributed by atoms with Crippen molar-refractivity contribution in [2.45, 2.75) is 6.73 Å². The minimum Gasteiger partial charge on any atom is -0.362 e. The molecule has 9 nitrogen and oxygen atoms in total. The summed E-state index contributed by atoms with van der Waals surface area (Å²) in [7, 11) is 1.56. The second-order valence-corrected chi connectivity index (χ2v) is 3.94. The maximum Gasteiger partial charge on any atom is 0.295 e. The Bertz CT molecular complexity index is 715. The van der Waals surface area contributed by atoms with Crippen molar-refractivity contribution in [2.75, 3.05) is 12.4 Å². The van der Waals surface area contributed by atoms with Crippen LogP contribution >= 0.6 is 0 Å². The molecule has 9 heteroatoms. The number of methoxy groups -OCH3 is 1. The van der Waals surface area contributed by atoms with Gasteiger partial charge in [-0.1, -0.05) is 0 Å². The summed E-state index contributed by atoms with van der Waals surface area (Å²) in [6, 6.07) is 1.71. The third kappa shape index (κ3) is 2.34. The number of fused-ring (bicyclic) bond motifs is 1. The lowest BCUT2D eigenvalue weighted by atomic mass is 10.5. The molecule has 0 fully saturated rings. The Morgan fingerprint density at radius 1 is 1.50 bits per heavy atom. The van der Waals surface area contributed by atoms with Gasteiger partial charge in [-0.05, 0) is 6.07 Å². The van der Waals surface area contributed by atoms with E-state index in [0.29, 0.717) is 18.2 Å². The first-order chi connectivity index (χ1) is 9.76. The second-order valence-electron chi connectivity index (χ2n) is 3.94. The number of rotatable bonds is 4. The van der Waals surface area contributed by atoms with Crippen LogP contribution in [0.1, 0.15) is 10.6 Å². The van der Waals surface area contributed by atoms with Crippen molar-refractivity contribution in [2.24, 2.45) is 0 Å². The van der Waals surface area contributed by atoms with Crippen LogP contribution in [0.3, 0.4) is 0 Å². The molecule has 20 heavy (non-hydrogen) atoms. The molecule has 3 aromatic rings. The normalized spacial score (nSPS) is 10.8. The number of nitrogens with zero attached hydrogens (tertiary/aromatic N) is 6. The van der Waals surface area contributed by atoms with E-state index in [4.69, 9.17) is 4.74 Å². The number of nitrogens with one attached hydrogen (secondary N) is 1. The predicted molar refractivity (Wildman–Crippen MR) is 68.0 cm³/mol. The van der Waals surface area contributed by atoms with Gasteiger partial charge in [0.05, 0.1) is 18.1 Å². The SMILES string of the molecule is COCn1cc(NC(=O)c2nc3ncccn3n2)cn1. The lowest BCUT2D eigenvalue weighted by molar-refractivity contribution is 0.101. The Labute approximate surface area is 113 Å². The molecule has 0 aromatic carbocycles. The van der Waals surface area contributed by atoms with Crippen molar-refractivity contribution >= 4 is 17.4 Å². The molecule has 1 amide bonds. The van der Waals surface area contributed by atoms with E-state index in [-0.39, 0.29) is 5.82 Å². The molecular weight excluding hydrogens is 262 g/mol. The molecule has 0 unspecified atom stereocenters. The second kappa shape index (κ2) is 5.05. The van der Waals surface area contributed by atoms with Gasteiger partial charge in [0.2, 0.25) is 5.82 Å². The van der Waals surface area contributed by atoms with E-state index in [1.165, 1.54) is 10.7 Å². The Morgan fingerprint density at radius 3 is 3.20 bits per heavy atom. The fraction of sp³-hybridized carbons (Fsp3) is 0.182. The first-order valence-electron chi connectivity index (χ1n) is 5.76. The van der Waals surface area contributed by atoms with Gasteiger partial charge in [0.15, 0.2) is 0 Å². The van der Waals surface area contributed by atoms with Crippen LogP contribution in [0.25, 0.3) is 5.78 Å². The fourth-order valence-electron chi connectivity index (χ4n) is 1.65. The summed E-state index contributed by atoms with van der Waals surface area (Å²) in [5, 5.41) is 10.7. The van der Waals surface area contributed by atoms with E-state index in [1.54, 1.807) is 36.4 Å². The van der Waals surface area contributed by atoms with Gasteiger partial charge >= 0.3 is 0 Å². The van der Waals surface area contributed by atoms with Crippen LogP contribution in [0.15, 0.2) is 30.9 Å². The zero-order valence-corrected chi connectivity index (χ0v) is 10.6. The van der Waals surface area contributed by atoms with Crippen LogP contribution < -0.4 is 5.32 Å². The Kier molecular flexibility index (Phi) is 3.09. The summed E-state index contributed by atoms with van der Waals surface area (Å²) >= 11 is 0. The van der Waals surface area contributed by atoms with Crippen molar-refractivity contribution in [3.63, 3.8) is 0 Å². The molecule has 0 aliphatic heterocycles. The van der Waals surface area contributed by atoms with Gasteiger partial charge in [0.1, 0.15) is 6.73 Å². The zero-order valence-electron chi connectivity index (χ0n) is 10.6. The highest BCUT2D eigenvalue weighted by Crippen LogP contribution is 2.07. The maximum atomic E-state index is 12.0. The minimum absolute atomic E-state index is 0.0446. The average Bonchev–Trinajstić information content (AvgIpc) is 3.05. The Balaban J connectivity index is 1.77. The smallest absolute Gasteiger partial charge is 0.295 e. The number of hydrogen-bond acceptors (Lipinski definition) is 6. The van der Waals surface area contributed by atoms with Crippen LogP contribution in [-0.4, -0.2) is 42.4 Å². The Hall–Kier alpha value is -2.81. The number of hydrogen-bond donors (Lipinski definition) is 1. The largest absolute Gasteiger partial charge is 0.362 e. The minimum atomic E-state index is -0.424. The molecule has 0 atom stereocenters. The number of amides is 1. The molecule has 3 aromatic heterocycles. The van der Waals surface area contributed by atoms with E-state index in [0.717, 1.165) is 0 Å². The third-order valence-electron chi connectivity index (χ3n) is 2.47. The van der Waals surface area contributed by atoms with E-state index in [9.17, 15) is 4.79 Å². The van der Waals surface area contributed by atoms with Crippen LogP contribution in [0.2, 0.25) is 0 Å². The van der Waals surface area contributed by atoms with Crippen molar-refractivity contribution in [1.29, 1.82) is 0 Å². The first-order valence-corrected chi connectivity index (χ1v) is 5.76.